The Morgan fingerprint density at radius 2 is 1.75 bits per heavy atom. The first-order valence-electron chi connectivity index (χ1n) is 3.10. The summed E-state index contributed by atoms with van der Waals surface area (Å²) in [6.07, 6.45) is 0. The predicted octanol–water partition coefficient (Wildman–Crippen LogP) is 0.688. The molecule has 1 aromatic carbocycles. The van der Waals surface area contributed by atoms with Crippen LogP contribution in [0.2, 0.25) is 0 Å². The molecule has 0 saturated heterocycles. The van der Waals surface area contributed by atoms with Gasteiger partial charge in [0.05, 0.1) is 16.9 Å². The van der Waals surface area contributed by atoms with Crippen LogP contribution < -0.4 is 11.5 Å². The van der Waals surface area contributed by atoms with Crippen molar-refractivity contribution in [2.24, 2.45) is 0 Å². The number of hydrogen-bond donors (Lipinski definition) is 3. The van der Waals surface area contributed by atoms with E-state index in [1.54, 1.807) is 0 Å². The van der Waals surface area contributed by atoms with Crippen molar-refractivity contribution in [3.63, 3.8) is 0 Å². The zero-order valence-electron chi connectivity index (χ0n) is 6.04. The van der Waals surface area contributed by atoms with E-state index in [-0.39, 0.29) is 16.9 Å². The fraction of sp³-hybridized carbons (Fsp3) is 0. The van der Waals surface area contributed by atoms with E-state index in [0.717, 1.165) is 12.1 Å². The average Bonchev–Trinajstić information content (AvgIpc) is 1.99. The van der Waals surface area contributed by atoms with E-state index in [1.807, 2.05) is 0 Å². The second-order valence-corrected chi connectivity index (χ2v) is 2.27. The quantitative estimate of drug-likeness (QED) is 0.541. The van der Waals surface area contributed by atoms with E-state index in [1.165, 1.54) is 0 Å². The SMILES string of the molecule is Nc1cc(C(=O)O)cc(N)c1F. The number of hydrogen-bond acceptors (Lipinski definition) is 3. The van der Waals surface area contributed by atoms with Crippen LogP contribution in [-0.4, -0.2) is 11.1 Å². The van der Waals surface area contributed by atoms with E-state index < -0.39 is 11.8 Å². The van der Waals surface area contributed by atoms with Gasteiger partial charge in [-0.15, -0.1) is 0 Å². The van der Waals surface area contributed by atoms with Crippen LogP contribution in [0.1, 0.15) is 10.4 Å². The minimum atomic E-state index is -1.19. The third-order valence-electron chi connectivity index (χ3n) is 1.38. The summed E-state index contributed by atoms with van der Waals surface area (Å²) >= 11 is 0. The summed E-state index contributed by atoms with van der Waals surface area (Å²) in [4.78, 5) is 10.4. The molecule has 0 saturated carbocycles. The minimum absolute atomic E-state index is 0.119. The van der Waals surface area contributed by atoms with Crippen LogP contribution in [0.25, 0.3) is 0 Å². The molecule has 12 heavy (non-hydrogen) atoms. The van der Waals surface area contributed by atoms with E-state index in [2.05, 4.69) is 0 Å². The van der Waals surface area contributed by atoms with Crippen LogP contribution in [0.3, 0.4) is 0 Å². The van der Waals surface area contributed by atoms with Gasteiger partial charge in [0.2, 0.25) is 0 Å². The maximum atomic E-state index is 12.7. The van der Waals surface area contributed by atoms with Crippen molar-refractivity contribution in [3.05, 3.63) is 23.5 Å². The smallest absolute Gasteiger partial charge is 0.335 e. The molecule has 1 rings (SSSR count). The number of nitrogens with two attached hydrogens (primary N) is 2. The summed E-state index contributed by atoms with van der Waals surface area (Å²) in [5, 5.41) is 8.49. The van der Waals surface area contributed by atoms with Crippen molar-refractivity contribution in [2.75, 3.05) is 11.5 Å². The first-order chi connectivity index (χ1) is 5.52. The van der Waals surface area contributed by atoms with Crippen molar-refractivity contribution in [1.29, 1.82) is 0 Å². The molecule has 0 amide bonds. The number of aromatic carboxylic acids is 1. The highest BCUT2D eigenvalue weighted by atomic mass is 19.1. The molecule has 0 aliphatic carbocycles. The Morgan fingerprint density at radius 1 is 1.33 bits per heavy atom. The Hall–Kier alpha value is -1.78. The number of halogens is 1. The fourth-order valence-electron chi connectivity index (χ4n) is 0.794. The van der Waals surface area contributed by atoms with Gasteiger partial charge in [-0.2, -0.15) is 0 Å². The van der Waals surface area contributed by atoms with E-state index >= 15 is 0 Å². The van der Waals surface area contributed by atoms with Gasteiger partial charge < -0.3 is 16.6 Å². The second-order valence-electron chi connectivity index (χ2n) is 2.27. The first kappa shape index (κ1) is 8.32. The molecule has 4 nitrogen and oxygen atoms in total. The van der Waals surface area contributed by atoms with Crippen molar-refractivity contribution in [1.82, 2.24) is 0 Å². The molecule has 0 atom stereocenters. The van der Waals surface area contributed by atoms with Crippen molar-refractivity contribution >= 4 is 17.3 Å². The molecule has 0 fully saturated rings. The summed E-state index contributed by atoms with van der Waals surface area (Å²) in [6, 6.07) is 2.04. The van der Waals surface area contributed by atoms with Gasteiger partial charge in [0.1, 0.15) is 0 Å². The van der Waals surface area contributed by atoms with Crippen LogP contribution in [0.4, 0.5) is 15.8 Å². The molecule has 0 radical (unpaired) electrons. The monoisotopic (exact) mass is 170 g/mol. The number of anilines is 2. The topological polar surface area (TPSA) is 89.3 Å². The molecule has 0 unspecified atom stereocenters. The van der Waals surface area contributed by atoms with Gasteiger partial charge in [-0.25, -0.2) is 9.18 Å². The number of benzene rings is 1. The lowest BCUT2D eigenvalue weighted by molar-refractivity contribution is 0.0697. The zero-order chi connectivity index (χ0) is 9.30. The van der Waals surface area contributed by atoms with Gasteiger partial charge in [-0.3, -0.25) is 0 Å². The summed E-state index contributed by atoms with van der Waals surface area (Å²) in [5.41, 5.74) is 9.65. The van der Waals surface area contributed by atoms with Gasteiger partial charge in [-0.05, 0) is 12.1 Å². The average molecular weight is 170 g/mol. The lowest BCUT2D eigenvalue weighted by Crippen LogP contribution is -2.03. The van der Waals surface area contributed by atoms with Crippen LogP contribution in [0.5, 0.6) is 0 Å². The minimum Gasteiger partial charge on any atom is -0.478 e. The predicted molar refractivity (Wildman–Crippen MR) is 42.2 cm³/mol. The molecule has 0 spiro atoms. The van der Waals surface area contributed by atoms with Crippen molar-refractivity contribution in [2.45, 2.75) is 0 Å². The molecule has 0 aliphatic heterocycles. The summed E-state index contributed by atoms with van der Waals surface area (Å²) in [6.45, 7) is 0. The lowest BCUT2D eigenvalue weighted by atomic mass is 10.1. The van der Waals surface area contributed by atoms with Crippen LogP contribution >= 0.6 is 0 Å². The molecule has 5 N–H and O–H groups in total. The molecule has 0 aliphatic rings. The van der Waals surface area contributed by atoms with E-state index in [9.17, 15) is 9.18 Å². The Kier molecular flexibility index (Phi) is 1.86. The molecule has 64 valence electrons. The second kappa shape index (κ2) is 2.69. The molecule has 5 heteroatoms. The highest BCUT2D eigenvalue weighted by molar-refractivity contribution is 5.90. The molecule has 1 aromatic rings. The van der Waals surface area contributed by atoms with Crippen molar-refractivity contribution in [3.8, 4) is 0 Å². The largest absolute Gasteiger partial charge is 0.478 e. The van der Waals surface area contributed by atoms with Gasteiger partial charge in [-0.1, -0.05) is 0 Å². The van der Waals surface area contributed by atoms with Gasteiger partial charge >= 0.3 is 5.97 Å². The Morgan fingerprint density at radius 3 is 2.08 bits per heavy atom. The maximum absolute atomic E-state index is 12.7. The Bertz CT molecular complexity index is 315. The third kappa shape index (κ3) is 1.29. The molecular weight excluding hydrogens is 163 g/mol. The lowest BCUT2D eigenvalue weighted by Gasteiger charge is -2.01. The first-order valence-corrected chi connectivity index (χ1v) is 3.10. The summed E-state index contributed by atoms with van der Waals surface area (Å²) < 4.78 is 12.7. The van der Waals surface area contributed by atoms with E-state index in [0.29, 0.717) is 0 Å². The molecular formula is C7H7FN2O2. The number of nitrogen functional groups attached to an aromatic ring is 2. The molecule has 0 aromatic heterocycles. The molecule has 0 heterocycles. The van der Waals surface area contributed by atoms with Crippen LogP contribution in [0.15, 0.2) is 12.1 Å². The summed E-state index contributed by atoms with van der Waals surface area (Å²) in [5.74, 6) is -1.96. The maximum Gasteiger partial charge on any atom is 0.335 e. The van der Waals surface area contributed by atoms with Gasteiger partial charge in [0.15, 0.2) is 5.82 Å². The number of carboxylic acids is 1. The highest BCUT2D eigenvalue weighted by Gasteiger charge is 2.09. The number of carboxylic acid groups (broad SMARTS) is 1. The Labute approximate surface area is 67.6 Å². The standard InChI is InChI=1S/C7H7FN2O2/c8-6-4(9)1-3(7(11)12)2-5(6)10/h1-2H,9-10H2,(H,11,12). The normalized spacial score (nSPS) is 9.75. The zero-order valence-corrected chi connectivity index (χ0v) is 6.04. The highest BCUT2D eigenvalue weighted by Crippen LogP contribution is 2.19. The van der Waals surface area contributed by atoms with Crippen molar-refractivity contribution < 1.29 is 14.3 Å². The van der Waals surface area contributed by atoms with Gasteiger partial charge in [0.25, 0.3) is 0 Å². The Balaban J connectivity index is 3.31. The van der Waals surface area contributed by atoms with E-state index in [4.69, 9.17) is 16.6 Å². The summed E-state index contributed by atoms with van der Waals surface area (Å²) in [7, 11) is 0. The fourth-order valence-corrected chi connectivity index (χ4v) is 0.794. The third-order valence-corrected chi connectivity index (χ3v) is 1.38. The number of rotatable bonds is 1. The number of carbonyl (C=O) groups is 1. The van der Waals surface area contributed by atoms with Gasteiger partial charge in [0, 0.05) is 0 Å². The van der Waals surface area contributed by atoms with Crippen LogP contribution in [0, 0.1) is 5.82 Å². The molecule has 0 bridgehead atoms. The van der Waals surface area contributed by atoms with Crippen LogP contribution in [-0.2, 0) is 0 Å².